The number of carbonyl (C=O) groups excluding carboxylic acids is 1. The van der Waals surface area contributed by atoms with Crippen LogP contribution in [0.15, 0.2) is 76.1 Å². The van der Waals surface area contributed by atoms with Gasteiger partial charge in [-0.25, -0.2) is 4.98 Å². The molecule has 33 heavy (non-hydrogen) atoms. The standard InChI is InChI=1S/C27H29N3O3/c1-4-6-16-29(27(32)24-15-10-17-33-24)23(5-2)25-28-22-14-8-7-13-21(22)26(31)30(25)20-12-9-11-19(3)18-20/h7-15,17-18,23H,4-6,16H2,1-3H3. The first-order valence-electron chi connectivity index (χ1n) is 11.5. The highest BCUT2D eigenvalue weighted by Crippen LogP contribution is 2.28. The van der Waals surface area contributed by atoms with Crippen LogP contribution in [0.25, 0.3) is 16.6 Å². The molecule has 0 aliphatic rings. The Hall–Kier alpha value is -3.67. The Labute approximate surface area is 193 Å². The van der Waals surface area contributed by atoms with Gasteiger partial charge in [0.25, 0.3) is 11.5 Å². The van der Waals surface area contributed by atoms with Crippen molar-refractivity contribution in [2.45, 2.75) is 46.1 Å². The molecule has 1 atom stereocenters. The molecule has 4 aromatic rings. The quantitative estimate of drug-likeness (QED) is 0.351. The van der Waals surface area contributed by atoms with Crippen molar-refractivity contribution in [1.29, 1.82) is 0 Å². The van der Waals surface area contributed by atoms with Crippen LogP contribution in [-0.2, 0) is 0 Å². The summed E-state index contributed by atoms with van der Waals surface area (Å²) in [6, 6.07) is 18.2. The molecule has 0 saturated carbocycles. The number of hydrogen-bond donors (Lipinski definition) is 0. The molecular weight excluding hydrogens is 414 g/mol. The van der Waals surface area contributed by atoms with Gasteiger partial charge in [0.05, 0.1) is 28.9 Å². The molecule has 0 bridgehead atoms. The minimum absolute atomic E-state index is 0.138. The summed E-state index contributed by atoms with van der Waals surface area (Å²) in [4.78, 5) is 33.9. The smallest absolute Gasteiger partial charge is 0.290 e. The van der Waals surface area contributed by atoms with Crippen LogP contribution in [0.4, 0.5) is 0 Å². The normalized spacial score (nSPS) is 12.1. The van der Waals surface area contributed by atoms with Crippen molar-refractivity contribution in [2.75, 3.05) is 6.54 Å². The minimum atomic E-state index is -0.396. The predicted octanol–water partition coefficient (Wildman–Crippen LogP) is 5.68. The minimum Gasteiger partial charge on any atom is -0.459 e. The first-order chi connectivity index (χ1) is 16.0. The van der Waals surface area contributed by atoms with Crippen LogP contribution in [0, 0.1) is 6.92 Å². The van der Waals surface area contributed by atoms with Gasteiger partial charge in [0.15, 0.2) is 5.76 Å². The van der Waals surface area contributed by atoms with Gasteiger partial charge in [-0.2, -0.15) is 0 Å². The molecule has 0 radical (unpaired) electrons. The average molecular weight is 444 g/mol. The number of hydrogen-bond acceptors (Lipinski definition) is 4. The summed E-state index contributed by atoms with van der Waals surface area (Å²) in [5, 5.41) is 0.551. The third-order valence-electron chi connectivity index (χ3n) is 5.87. The SMILES string of the molecule is CCCCN(C(=O)c1ccco1)C(CC)c1nc2ccccc2c(=O)n1-c1cccc(C)c1. The fourth-order valence-corrected chi connectivity index (χ4v) is 4.20. The lowest BCUT2D eigenvalue weighted by atomic mass is 10.1. The maximum Gasteiger partial charge on any atom is 0.290 e. The van der Waals surface area contributed by atoms with E-state index in [1.807, 2.05) is 56.3 Å². The van der Waals surface area contributed by atoms with Gasteiger partial charge < -0.3 is 9.32 Å². The molecule has 6 heteroatoms. The number of amides is 1. The van der Waals surface area contributed by atoms with E-state index in [4.69, 9.17) is 9.40 Å². The summed E-state index contributed by atoms with van der Waals surface area (Å²) in [5.41, 5.74) is 2.27. The molecule has 0 fully saturated rings. The number of para-hydroxylation sites is 1. The average Bonchev–Trinajstić information content (AvgIpc) is 3.36. The number of fused-ring (bicyclic) bond motifs is 1. The van der Waals surface area contributed by atoms with Crippen LogP contribution >= 0.6 is 0 Å². The number of unbranched alkanes of at least 4 members (excludes halogenated alkanes) is 1. The zero-order valence-corrected chi connectivity index (χ0v) is 19.3. The monoisotopic (exact) mass is 443 g/mol. The molecule has 0 aliphatic carbocycles. The van der Waals surface area contributed by atoms with E-state index in [0.717, 1.165) is 24.1 Å². The van der Waals surface area contributed by atoms with Crippen molar-refractivity contribution in [3.8, 4) is 5.69 Å². The predicted molar refractivity (Wildman–Crippen MR) is 130 cm³/mol. The van der Waals surface area contributed by atoms with E-state index in [2.05, 4.69) is 6.92 Å². The van der Waals surface area contributed by atoms with Crippen LogP contribution in [0.2, 0.25) is 0 Å². The highest BCUT2D eigenvalue weighted by Gasteiger charge is 2.30. The Morgan fingerprint density at radius 1 is 1.09 bits per heavy atom. The van der Waals surface area contributed by atoms with Crippen LogP contribution in [-0.4, -0.2) is 26.9 Å². The van der Waals surface area contributed by atoms with Crippen molar-refractivity contribution in [1.82, 2.24) is 14.5 Å². The third-order valence-corrected chi connectivity index (χ3v) is 5.87. The molecule has 1 unspecified atom stereocenters. The van der Waals surface area contributed by atoms with Gasteiger partial charge in [-0.3, -0.25) is 14.2 Å². The van der Waals surface area contributed by atoms with E-state index in [1.165, 1.54) is 6.26 Å². The summed E-state index contributed by atoms with van der Waals surface area (Å²) in [5.74, 6) is 0.649. The van der Waals surface area contributed by atoms with Crippen LogP contribution in [0.5, 0.6) is 0 Å². The molecule has 6 nitrogen and oxygen atoms in total. The van der Waals surface area contributed by atoms with Crippen LogP contribution in [0.3, 0.4) is 0 Å². The number of carbonyl (C=O) groups is 1. The molecule has 0 aliphatic heterocycles. The van der Waals surface area contributed by atoms with Crippen molar-refractivity contribution in [3.05, 3.63) is 94.4 Å². The second kappa shape index (κ2) is 9.86. The van der Waals surface area contributed by atoms with Crippen molar-refractivity contribution >= 4 is 16.8 Å². The lowest BCUT2D eigenvalue weighted by molar-refractivity contribution is 0.0623. The fraction of sp³-hybridized carbons (Fsp3) is 0.296. The molecular formula is C27H29N3O3. The van der Waals surface area contributed by atoms with E-state index in [9.17, 15) is 9.59 Å². The van der Waals surface area contributed by atoms with Gasteiger partial charge in [0.1, 0.15) is 5.82 Å². The van der Waals surface area contributed by atoms with Crippen molar-refractivity contribution < 1.29 is 9.21 Å². The zero-order chi connectivity index (χ0) is 23.4. The summed E-state index contributed by atoms with van der Waals surface area (Å²) in [6.07, 6.45) is 3.88. The molecule has 0 spiro atoms. The second-order valence-corrected chi connectivity index (χ2v) is 8.22. The third kappa shape index (κ3) is 4.46. The Morgan fingerprint density at radius 3 is 2.61 bits per heavy atom. The highest BCUT2D eigenvalue weighted by molar-refractivity contribution is 5.91. The van der Waals surface area contributed by atoms with Crippen molar-refractivity contribution in [2.24, 2.45) is 0 Å². The number of nitrogens with zero attached hydrogens (tertiary/aromatic N) is 3. The Bertz CT molecular complexity index is 1310. The Kier molecular flexibility index (Phi) is 6.73. The molecule has 2 aromatic carbocycles. The van der Waals surface area contributed by atoms with E-state index < -0.39 is 6.04 Å². The Morgan fingerprint density at radius 2 is 1.91 bits per heavy atom. The van der Waals surface area contributed by atoms with E-state index in [0.29, 0.717) is 29.7 Å². The Balaban J connectivity index is 1.95. The highest BCUT2D eigenvalue weighted by atomic mass is 16.3. The maximum absolute atomic E-state index is 13.7. The first-order valence-corrected chi connectivity index (χ1v) is 11.5. The molecule has 0 saturated heterocycles. The molecule has 2 heterocycles. The lowest BCUT2D eigenvalue weighted by Crippen LogP contribution is -2.39. The van der Waals surface area contributed by atoms with Gasteiger partial charge >= 0.3 is 0 Å². The number of furan rings is 1. The second-order valence-electron chi connectivity index (χ2n) is 8.22. The van der Waals surface area contributed by atoms with E-state index >= 15 is 0 Å². The first kappa shape index (κ1) is 22.5. The number of rotatable bonds is 8. The molecule has 2 aromatic heterocycles. The number of benzene rings is 2. The summed E-state index contributed by atoms with van der Waals surface area (Å²) in [6.45, 7) is 6.65. The van der Waals surface area contributed by atoms with Crippen LogP contribution < -0.4 is 5.56 Å². The molecule has 1 amide bonds. The maximum atomic E-state index is 13.7. The molecule has 0 N–H and O–H groups in total. The van der Waals surface area contributed by atoms with E-state index in [-0.39, 0.29) is 17.2 Å². The lowest BCUT2D eigenvalue weighted by Gasteiger charge is -2.32. The van der Waals surface area contributed by atoms with Crippen molar-refractivity contribution in [3.63, 3.8) is 0 Å². The van der Waals surface area contributed by atoms with Gasteiger partial charge in [-0.15, -0.1) is 0 Å². The van der Waals surface area contributed by atoms with Gasteiger partial charge in [-0.1, -0.05) is 44.5 Å². The van der Waals surface area contributed by atoms with Gasteiger partial charge in [0, 0.05) is 6.54 Å². The molecule has 170 valence electrons. The van der Waals surface area contributed by atoms with Crippen LogP contribution in [0.1, 0.15) is 61.1 Å². The number of aromatic nitrogens is 2. The van der Waals surface area contributed by atoms with Gasteiger partial charge in [-0.05, 0) is 61.7 Å². The summed E-state index contributed by atoms with van der Waals surface area (Å²) in [7, 11) is 0. The summed E-state index contributed by atoms with van der Waals surface area (Å²) < 4.78 is 7.10. The fourth-order valence-electron chi connectivity index (χ4n) is 4.20. The summed E-state index contributed by atoms with van der Waals surface area (Å²) >= 11 is 0. The van der Waals surface area contributed by atoms with Gasteiger partial charge in [0.2, 0.25) is 0 Å². The zero-order valence-electron chi connectivity index (χ0n) is 19.3. The largest absolute Gasteiger partial charge is 0.459 e. The van der Waals surface area contributed by atoms with E-state index in [1.54, 1.807) is 27.7 Å². The molecule has 4 rings (SSSR count). The number of aryl methyl sites for hydroxylation is 1. The topological polar surface area (TPSA) is 68.3 Å².